The van der Waals surface area contributed by atoms with E-state index in [-0.39, 0.29) is 12.4 Å². The number of para-hydroxylation sites is 1. The molecule has 0 saturated carbocycles. The van der Waals surface area contributed by atoms with Crippen LogP contribution in [0.25, 0.3) is 22.1 Å². The van der Waals surface area contributed by atoms with Crippen LogP contribution in [0.2, 0.25) is 0 Å². The number of esters is 1. The van der Waals surface area contributed by atoms with E-state index in [0.29, 0.717) is 16.9 Å². The van der Waals surface area contributed by atoms with Crippen LogP contribution in [-0.2, 0) is 4.79 Å². The molecule has 3 aromatic carbocycles. The summed E-state index contributed by atoms with van der Waals surface area (Å²) in [5, 5.41) is 9.79. The Morgan fingerprint density at radius 3 is 2.53 bits per heavy atom. The maximum atomic E-state index is 12.2. The number of nitriles is 1. The molecule has 0 N–H and O–H groups in total. The van der Waals surface area contributed by atoms with Crippen molar-refractivity contribution in [2.75, 3.05) is 6.61 Å². The quantitative estimate of drug-likeness (QED) is 0.283. The fourth-order valence-electron chi connectivity index (χ4n) is 3.05. The van der Waals surface area contributed by atoms with E-state index in [0.717, 1.165) is 16.5 Å². The van der Waals surface area contributed by atoms with Crippen LogP contribution >= 0.6 is 0 Å². The number of rotatable bonds is 5. The first-order chi connectivity index (χ1) is 14.6. The Bertz CT molecular complexity index is 1320. The van der Waals surface area contributed by atoms with Crippen molar-refractivity contribution in [1.82, 2.24) is 0 Å². The Morgan fingerprint density at radius 2 is 1.73 bits per heavy atom. The highest BCUT2D eigenvalue weighted by atomic mass is 16.6. The zero-order valence-corrected chi connectivity index (χ0v) is 15.7. The zero-order valence-electron chi connectivity index (χ0n) is 15.7. The lowest BCUT2D eigenvalue weighted by molar-refractivity contribution is -0.136. The first-order valence-electron chi connectivity index (χ1n) is 9.10. The Kier molecular flexibility index (Phi) is 5.27. The average molecular weight is 397 g/mol. The summed E-state index contributed by atoms with van der Waals surface area (Å²) >= 11 is 0. The highest BCUT2D eigenvalue weighted by molar-refractivity contribution is 5.94. The molecule has 0 aliphatic rings. The molecule has 0 spiro atoms. The average Bonchev–Trinajstić information content (AvgIpc) is 2.77. The molecule has 4 rings (SSSR count). The second-order valence-electron chi connectivity index (χ2n) is 6.37. The van der Waals surface area contributed by atoms with Crippen LogP contribution < -0.4 is 15.1 Å². The number of benzene rings is 3. The van der Waals surface area contributed by atoms with Crippen LogP contribution in [0.5, 0.6) is 11.5 Å². The normalized spacial score (nSPS) is 10.4. The van der Waals surface area contributed by atoms with E-state index in [1.807, 2.05) is 36.4 Å². The minimum absolute atomic E-state index is 0.220. The van der Waals surface area contributed by atoms with Crippen molar-refractivity contribution in [3.63, 3.8) is 0 Å². The second kappa shape index (κ2) is 8.33. The van der Waals surface area contributed by atoms with Crippen molar-refractivity contribution in [3.05, 3.63) is 94.8 Å². The fourth-order valence-corrected chi connectivity index (χ4v) is 3.05. The lowest BCUT2D eigenvalue weighted by Crippen LogP contribution is -2.18. The molecule has 6 nitrogen and oxygen atoms in total. The van der Waals surface area contributed by atoms with E-state index in [9.17, 15) is 9.59 Å². The maximum absolute atomic E-state index is 12.2. The number of nitrogens with zero attached hydrogens (tertiary/aromatic N) is 1. The van der Waals surface area contributed by atoms with Crippen LogP contribution in [0.3, 0.4) is 0 Å². The van der Waals surface area contributed by atoms with E-state index in [4.69, 9.17) is 19.2 Å². The molecule has 0 atom stereocenters. The van der Waals surface area contributed by atoms with E-state index < -0.39 is 11.6 Å². The minimum Gasteiger partial charge on any atom is -0.481 e. The van der Waals surface area contributed by atoms with Crippen molar-refractivity contribution in [2.24, 2.45) is 0 Å². The summed E-state index contributed by atoms with van der Waals surface area (Å²) in [5.74, 6) is -0.129. The monoisotopic (exact) mass is 397 g/mol. The molecule has 4 aromatic rings. The van der Waals surface area contributed by atoms with Gasteiger partial charge in [0.25, 0.3) is 0 Å². The van der Waals surface area contributed by atoms with Crippen molar-refractivity contribution >= 4 is 16.9 Å². The van der Waals surface area contributed by atoms with Gasteiger partial charge in [-0.25, -0.2) is 9.59 Å². The highest BCUT2D eigenvalue weighted by Crippen LogP contribution is 2.29. The van der Waals surface area contributed by atoms with Gasteiger partial charge in [-0.1, -0.05) is 42.5 Å². The van der Waals surface area contributed by atoms with Gasteiger partial charge in [-0.05, 0) is 35.4 Å². The number of fused-ring (bicyclic) bond motifs is 1. The lowest BCUT2D eigenvalue weighted by atomic mass is 10.0. The van der Waals surface area contributed by atoms with E-state index in [1.54, 1.807) is 36.4 Å². The van der Waals surface area contributed by atoms with Gasteiger partial charge < -0.3 is 13.9 Å². The van der Waals surface area contributed by atoms with Gasteiger partial charge >= 0.3 is 11.6 Å². The van der Waals surface area contributed by atoms with Crippen LogP contribution in [0.4, 0.5) is 0 Å². The highest BCUT2D eigenvalue weighted by Gasteiger charge is 2.12. The molecule has 1 aromatic heterocycles. The summed E-state index contributed by atoms with van der Waals surface area (Å²) in [6.45, 7) is -0.370. The Balaban J connectivity index is 1.55. The summed E-state index contributed by atoms with van der Waals surface area (Å²) in [5.41, 5.74) is 1.75. The number of hydrogen-bond acceptors (Lipinski definition) is 6. The molecule has 0 amide bonds. The largest absolute Gasteiger partial charge is 0.481 e. The molecular formula is C24H15NO5. The first kappa shape index (κ1) is 19.0. The molecule has 30 heavy (non-hydrogen) atoms. The third kappa shape index (κ3) is 4.05. The minimum atomic E-state index is -0.649. The van der Waals surface area contributed by atoms with E-state index in [2.05, 4.69) is 0 Å². The van der Waals surface area contributed by atoms with Crippen LogP contribution in [0, 0.1) is 11.3 Å². The molecule has 0 fully saturated rings. The van der Waals surface area contributed by atoms with Gasteiger partial charge in [-0.15, -0.1) is 0 Å². The predicted octanol–water partition coefficient (Wildman–Crippen LogP) is 4.32. The van der Waals surface area contributed by atoms with Crippen molar-refractivity contribution in [1.29, 1.82) is 5.26 Å². The molecule has 0 aliphatic heterocycles. The van der Waals surface area contributed by atoms with Crippen molar-refractivity contribution < 1.29 is 18.7 Å². The van der Waals surface area contributed by atoms with Crippen LogP contribution in [-0.4, -0.2) is 12.6 Å². The van der Waals surface area contributed by atoms with Crippen molar-refractivity contribution in [3.8, 4) is 28.7 Å². The molecular weight excluding hydrogens is 382 g/mol. The summed E-state index contributed by atoms with van der Waals surface area (Å²) in [6.07, 6.45) is 0. The van der Waals surface area contributed by atoms with Gasteiger partial charge in [0.05, 0.1) is 5.56 Å². The zero-order chi connectivity index (χ0) is 20.9. The van der Waals surface area contributed by atoms with Gasteiger partial charge in [-0.3, -0.25) is 0 Å². The summed E-state index contributed by atoms with van der Waals surface area (Å²) < 4.78 is 16.0. The van der Waals surface area contributed by atoms with E-state index in [1.165, 1.54) is 12.1 Å². The summed E-state index contributed by atoms with van der Waals surface area (Å²) in [6, 6.07) is 24.3. The number of carbonyl (C=O) groups is 1. The number of hydrogen-bond donors (Lipinski definition) is 0. The Hall–Kier alpha value is -4.37. The lowest BCUT2D eigenvalue weighted by Gasteiger charge is -2.09. The molecule has 0 radical (unpaired) electrons. The smallest absolute Gasteiger partial charge is 0.349 e. The van der Waals surface area contributed by atoms with Gasteiger partial charge in [0.1, 0.15) is 23.2 Å². The van der Waals surface area contributed by atoms with Crippen molar-refractivity contribution in [2.45, 2.75) is 0 Å². The van der Waals surface area contributed by atoms with Crippen LogP contribution in [0.1, 0.15) is 5.56 Å². The van der Waals surface area contributed by atoms with Gasteiger partial charge in [-0.2, -0.15) is 5.26 Å². The van der Waals surface area contributed by atoms with Gasteiger partial charge in [0.2, 0.25) is 0 Å². The second-order valence-corrected chi connectivity index (χ2v) is 6.37. The maximum Gasteiger partial charge on any atom is 0.349 e. The van der Waals surface area contributed by atoms with E-state index >= 15 is 0 Å². The standard InChI is InChI=1S/C24H15NO5/c25-14-17-8-4-5-9-21(17)28-15-24(27)29-18-10-11-19-20(16-6-2-1-3-7-16)13-23(26)30-22(19)12-18/h1-13H,15H2. The number of carbonyl (C=O) groups excluding carboxylic acids is 1. The molecule has 0 unspecified atom stereocenters. The topological polar surface area (TPSA) is 89.5 Å². The molecule has 0 saturated heterocycles. The Morgan fingerprint density at radius 1 is 0.967 bits per heavy atom. The molecule has 0 aliphatic carbocycles. The van der Waals surface area contributed by atoms with Gasteiger partial charge in [0.15, 0.2) is 6.61 Å². The summed E-state index contributed by atoms with van der Waals surface area (Å²) in [4.78, 5) is 24.2. The van der Waals surface area contributed by atoms with Crippen LogP contribution in [0.15, 0.2) is 88.1 Å². The Labute approximate surface area is 171 Å². The molecule has 146 valence electrons. The number of ether oxygens (including phenoxy) is 2. The third-order valence-corrected chi connectivity index (χ3v) is 4.39. The molecule has 6 heteroatoms. The van der Waals surface area contributed by atoms with Gasteiger partial charge in [0, 0.05) is 17.5 Å². The summed E-state index contributed by atoms with van der Waals surface area (Å²) in [7, 11) is 0. The molecule has 0 bridgehead atoms. The first-order valence-corrected chi connectivity index (χ1v) is 9.10. The fraction of sp³-hybridized carbons (Fsp3) is 0.0417. The third-order valence-electron chi connectivity index (χ3n) is 4.39. The SMILES string of the molecule is N#Cc1ccccc1OCC(=O)Oc1ccc2c(-c3ccccc3)cc(=O)oc2c1. The molecule has 1 heterocycles. The predicted molar refractivity (Wildman–Crippen MR) is 110 cm³/mol.